The van der Waals surface area contributed by atoms with Crippen LogP contribution >= 0.6 is 0 Å². The van der Waals surface area contributed by atoms with Gasteiger partial charge in [0.15, 0.2) is 0 Å². The second-order valence-electron chi connectivity index (χ2n) is 5.33. The van der Waals surface area contributed by atoms with E-state index in [1.165, 1.54) is 0 Å². The second kappa shape index (κ2) is 4.94. The Morgan fingerprint density at radius 3 is 2.59 bits per heavy atom. The first-order valence-corrected chi connectivity index (χ1v) is 6.06. The van der Waals surface area contributed by atoms with Crippen LogP contribution < -0.4 is 0 Å². The van der Waals surface area contributed by atoms with Crippen LogP contribution in [0.5, 0.6) is 0 Å². The van der Waals surface area contributed by atoms with Gasteiger partial charge in [0.05, 0.1) is 12.5 Å². The first kappa shape index (κ1) is 13.8. The van der Waals surface area contributed by atoms with E-state index in [-0.39, 0.29) is 18.5 Å². The zero-order valence-electron chi connectivity index (χ0n) is 11.1. The van der Waals surface area contributed by atoms with Gasteiger partial charge >= 0.3 is 12.0 Å². The van der Waals surface area contributed by atoms with Gasteiger partial charge in [0, 0.05) is 19.1 Å². The second-order valence-corrected chi connectivity index (χ2v) is 5.33. The van der Waals surface area contributed by atoms with E-state index in [0.717, 1.165) is 12.8 Å². The summed E-state index contributed by atoms with van der Waals surface area (Å²) in [6.45, 7) is 6.33. The number of carboxylic acids is 1. The van der Waals surface area contributed by atoms with Crippen molar-refractivity contribution >= 4 is 12.0 Å². The van der Waals surface area contributed by atoms with Crippen molar-refractivity contribution in [1.29, 1.82) is 0 Å². The third-order valence-corrected chi connectivity index (χ3v) is 3.41. The zero-order chi connectivity index (χ0) is 13.2. The van der Waals surface area contributed by atoms with Crippen LogP contribution in [0.4, 0.5) is 4.79 Å². The highest BCUT2D eigenvalue weighted by Crippen LogP contribution is 2.28. The van der Waals surface area contributed by atoms with Crippen LogP contribution in [0.15, 0.2) is 0 Å². The fourth-order valence-electron chi connectivity index (χ4n) is 2.35. The van der Waals surface area contributed by atoms with E-state index in [4.69, 9.17) is 5.11 Å². The Hall–Kier alpha value is -1.26. The van der Waals surface area contributed by atoms with Crippen LogP contribution in [0.1, 0.15) is 40.0 Å². The molecular formula is C12H22N2O3. The molecule has 0 aromatic carbocycles. The molecule has 1 N–H and O–H groups in total. The number of hydrogen-bond donors (Lipinski definition) is 1. The van der Waals surface area contributed by atoms with Gasteiger partial charge in [-0.2, -0.15) is 0 Å². The van der Waals surface area contributed by atoms with Crippen LogP contribution in [-0.2, 0) is 4.79 Å². The molecule has 1 heterocycles. The highest BCUT2D eigenvalue weighted by Gasteiger charge is 2.42. The number of likely N-dealkylation sites (N-methyl/N-ethyl adjacent to an activating group) is 1. The van der Waals surface area contributed by atoms with Crippen LogP contribution in [0.2, 0.25) is 0 Å². The summed E-state index contributed by atoms with van der Waals surface area (Å²) < 4.78 is 0. The summed E-state index contributed by atoms with van der Waals surface area (Å²) >= 11 is 0. The maximum absolute atomic E-state index is 12.1. The van der Waals surface area contributed by atoms with Gasteiger partial charge in [0.25, 0.3) is 0 Å². The lowest BCUT2D eigenvalue weighted by molar-refractivity contribution is -0.139. The van der Waals surface area contributed by atoms with Crippen molar-refractivity contribution in [3.05, 3.63) is 0 Å². The monoisotopic (exact) mass is 242 g/mol. The Balaban J connectivity index is 2.79. The minimum Gasteiger partial charge on any atom is -0.481 e. The molecule has 0 radical (unpaired) electrons. The van der Waals surface area contributed by atoms with Crippen LogP contribution in [0, 0.1) is 0 Å². The lowest BCUT2D eigenvalue weighted by Crippen LogP contribution is -2.47. The van der Waals surface area contributed by atoms with Gasteiger partial charge in [-0.3, -0.25) is 4.79 Å². The molecule has 0 aliphatic carbocycles. The van der Waals surface area contributed by atoms with E-state index in [1.54, 1.807) is 30.7 Å². The molecule has 0 aromatic rings. The van der Waals surface area contributed by atoms with Gasteiger partial charge in [0.1, 0.15) is 0 Å². The Morgan fingerprint density at radius 1 is 1.53 bits per heavy atom. The predicted molar refractivity (Wildman–Crippen MR) is 64.9 cm³/mol. The summed E-state index contributed by atoms with van der Waals surface area (Å²) in [5.41, 5.74) is -0.625. The molecule has 1 aliphatic rings. The lowest BCUT2D eigenvalue weighted by Gasteiger charge is -2.33. The average Bonchev–Trinajstić information content (AvgIpc) is 2.45. The summed E-state index contributed by atoms with van der Waals surface area (Å²) in [6, 6.07) is 0.148. The van der Waals surface area contributed by atoms with Gasteiger partial charge in [-0.1, -0.05) is 13.3 Å². The summed E-state index contributed by atoms with van der Waals surface area (Å²) in [5.74, 6) is -0.871. The maximum atomic E-state index is 12.1. The Morgan fingerprint density at radius 2 is 2.12 bits per heavy atom. The fraction of sp³-hybridized carbons (Fsp3) is 0.833. The Labute approximate surface area is 102 Å². The van der Waals surface area contributed by atoms with E-state index >= 15 is 0 Å². The minimum atomic E-state index is -0.871. The molecule has 1 aliphatic heterocycles. The van der Waals surface area contributed by atoms with E-state index in [9.17, 15) is 9.59 Å². The molecule has 1 fully saturated rings. The smallest absolute Gasteiger partial charge is 0.320 e. The van der Waals surface area contributed by atoms with Gasteiger partial charge < -0.3 is 14.9 Å². The molecule has 0 saturated carbocycles. The van der Waals surface area contributed by atoms with Crippen LogP contribution in [-0.4, -0.2) is 52.1 Å². The number of amides is 2. The highest BCUT2D eigenvalue weighted by molar-refractivity contribution is 5.79. The molecule has 98 valence electrons. The molecular weight excluding hydrogens is 220 g/mol. The SMILES string of the molecule is CCCC1CN(C(C)(C)CC(=O)O)C(=O)N1C. The quantitative estimate of drug-likeness (QED) is 0.799. The van der Waals surface area contributed by atoms with Crippen molar-refractivity contribution in [1.82, 2.24) is 9.80 Å². The number of urea groups is 1. The van der Waals surface area contributed by atoms with E-state index in [2.05, 4.69) is 6.92 Å². The summed E-state index contributed by atoms with van der Waals surface area (Å²) in [7, 11) is 1.79. The Kier molecular flexibility index (Phi) is 4.01. The number of carboxylic acid groups (broad SMARTS) is 1. The molecule has 1 atom stereocenters. The molecule has 1 saturated heterocycles. The molecule has 0 aromatic heterocycles. The molecule has 1 rings (SSSR count). The fourth-order valence-corrected chi connectivity index (χ4v) is 2.35. The average molecular weight is 242 g/mol. The van der Waals surface area contributed by atoms with Crippen molar-refractivity contribution in [2.24, 2.45) is 0 Å². The topological polar surface area (TPSA) is 60.9 Å². The maximum Gasteiger partial charge on any atom is 0.320 e. The largest absolute Gasteiger partial charge is 0.481 e. The van der Waals surface area contributed by atoms with Crippen molar-refractivity contribution in [3.8, 4) is 0 Å². The first-order chi connectivity index (χ1) is 7.79. The van der Waals surface area contributed by atoms with E-state index < -0.39 is 11.5 Å². The molecule has 17 heavy (non-hydrogen) atoms. The summed E-state index contributed by atoms with van der Waals surface area (Å²) in [6.07, 6.45) is 1.96. The van der Waals surface area contributed by atoms with Gasteiger partial charge in [0.2, 0.25) is 0 Å². The molecule has 0 spiro atoms. The van der Waals surface area contributed by atoms with Crippen molar-refractivity contribution in [3.63, 3.8) is 0 Å². The Bertz CT molecular complexity index is 315. The molecule has 2 amide bonds. The van der Waals surface area contributed by atoms with Crippen molar-refractivity contribution in [2.75, 3.05) is 13.6 Å². The van der Waals surface area contributed by atoms with Gasteiger partial charge in [-0.15, -0.1) is 0 Å². The normalized spacial score (nSPS) is 21.2. The number of rotatable bonds is 5. The number of carbonyl (C=O) groups is 2. The zero-order valence-corrected chi connectivity index (χ0v) is 11.1. The number of aliphatic carboxylic acids is 1. The van der Waals surface area contributed by atoms with Crippen molar-refractivity contribution in [2.45, 2.75) is 51.6 Å². The molecule has 0 bridgehead atoms. The predicted octanol–water partition coefficient (Wildman–Crippen LogP) is 1.78. The third kappa shape index (κ3) is 2.90. The highest BCUT2D eigenvalue weighted by atomic mass is 16.4. The minimum absolute atomic E-state index is 0.0224. The van der Waals surface area contributed by atoms with Crippen molar-refractivity contribution < 1.29 is 14.7 Å². The standard InChI is InChI=1S/C12H22N2O3/c1-5-6-9-8-14(11(17)13(9)4)12(2,3)7-10(15)16/h9H,5-8H2,1-4H3,(H,15,16). The van der Waals surface area contributed by atoms with Gasteiger partial charge in [-0.05, 0) is 20.3 Å². The van der Waals surface area contributed by atoms with E-state index in [1.807, 2.05) is 0 Å². The third-order valence-electron chi connectivity index (χ3n) is 3.41. The van der Waals surface area contributed by atoms with E-state index in [0.29, 0.717) is 6.54 Å². The lowest BCUT2D eigenvalue weighted by atomic mass is 9.98. The number of nitrogens with zero attached hydrogens (tertiary/aromatic N) is 2. The number of carbonyl (C=O) groups excluding carboxylic acids is 1. The van der Waals surface area contributed by atoms with Crippen LogP contribution in [0.25, 0.3) is 0 Å². The summed E-state index contributed by atoms with van der Waals surface area (Å²) in [4.78, 5) is 26.3. The summed E-state index contributed by atoms with van der Waals surface area (Å²) in [5, 5.41) is 8.88. The molecule has 5 nitrogen and oxygen atoms in total. The molecule has 1 unspecified atom stereocenters. The van der Waals surface area contributed by atoms with Gasteiger partial charge in [-0.25, -0.2) is 4.79 Å². The van der Waals surface area contributed by atoms with Crippen LogP contribution in [0.3, 0.4) is 0 Å². The first-order valence-electron chi connectivity index (χ1n) is 6.06. The number of hydrogen-bond acceptors (Lipinski definition) is 2. The molecule has 5 heteroatoms.